The van der Waals surface area contributed by atoms with Crippen LogP contribution in [0.25, 0.3) is 0 Å². The van der Waals surface area contributed by atoms with E-state index in [1.807, 2.05) is 4.68 Å². The Kier molecular flexibility index (Phi) is 3.59. The number of aromatic nitrogens is 3. The van der Waals surface area contributed by atoms with Gasteiger partial charge in [0.15, 0.2) is 5.82 Å². The first-order valence-electron chi connectivity index (χ1n) is 4.34. The minimum atomic E-state index is 0.386. The molecule has 0 aliphatic heterocycles. The monoisotopic (exact) mass is 200 g/mol. The normalized spacial score (nSPS) is 11.1. The van der Waals surface area contributed by atoms with E-state index in [0.717, 1.165) is 18.0 Å². The van der Waals surface area contributed by atoms with Crippen molar-refractivity contribution in [3.63, 3.8) is 0 Å². The van der Waals surface area contributed by atoms with E-state index in [0.29, 0.717) is 11.7 Å². The molecule has 0 unspecified atom stereocenters. The summed E-state index contributed by atoms with van der Waals surface area (Å²) in [6, 6.07) is 0. The van der Waals surface area contributed by atoms with Gasteiger partial charge in [-0.2, -0.15) is 11.8 Å². The van der Waals surface area contributed by atoms with Crippen molar-refractivity contribution in [2.45, 2.75) is 26.3 Å². The third-order valence-corrected chi connectivity index (χ3v) is 2.45. The molecule has 0 fully saturated rings. The van der Waals surface area contributed by atoms with E-state index >= 15 is 0 Å². The molecular weight excluding hydrogens is 184 g/mol. The Balaban J connectivity index is 2.81. The highest BCUT2D eigenvalue weighted by Crippen LogP contribution is 2.18. The molecule has 4 nitrogen and oxygen atoms in total. The molecule has 0 aromatic carbocycles. The first-order valence-corrected chi connectivity index (χ1v) is 5.74. The number of hydrogen-bond donors (Lipinski definition) is 1. The maximum Gasteiger partial charge on any atom is 0.169 e. The predicted octanol–water partition coefficient (Wildman–Crippen LogP) is 1.35. The summed E-state index contributed by atoms with van der Waals surface area (Å²) in [6.45, 7) is 5.09. The second kappa shape index (κ2) is 4.50. The lowest BCUT2D eigenvalue weighted by Gasteiger charge is -2.08. The van der Waals surface area contributed by atoms with E-state index in [2.05, 4.69) is 30.4 Å². The summed E-state index contributed by atoms with van der Waals surface area (Å²) in [5.41, 5.74) is 6.76. The molecule has 0 saturated heterocycles. The van der Waals surface area contributed by atoms with Gasteiger partial charge in [-0.3, -0.25) is 0 Å². The molecule has 1 aromatic heterocycles. The number of thioether (sulfide) groups is 1. The van der Waals surface area contributed by atoms with Gasteiger partial charge < -0.3 is 5.73 Å². The summed E-state index contributed by atoms with van der Waals surface area (Å²) in [7, 11) is 0. The van der Waals surface area contributed by atoms with E-state index in [9.17, 15) is 0 Å². The molecule has 0 atom stereocenters. The highest BCUT2D eigenvalue weighted by molar-refractivity contribution is 7.98. The topological polar surface area (TPSA) is 56.7 Å². The zero-order valence-electron chi connectivity index (χ0n) is 8.32. The Morgan fingerprint density at radius 2 is 2.23 bits per heavy atom. The summed E-state index contributed by atoms with van der Waals surface area (Å²) >= 11 is 1.80. The molecule has 13 heavy (non-hydrogen) atoms. The summed E-state index contributed by atoms with van der Waals surface area (Å²) in [6.07, 6.45) is 2.08. The predicted molar refractivity (Wildman–Crippen MR) is 56.9 cm³/mol. The van der Waals surface area contributed by atoms with Crippen molar-refractivity contribution in [1.29, 1.82) is 0 Å². The molecular formula is C8H16N4S. The molecule has 0 aliphatic carbocycles. The number of hydrogen-bond acceptors (Lipinski definition) is 4. The van der Waals surface area contributed by atoms with E-state index in [1.165, 1.54) is 0 Å². The Hall–Kier alpha value is -0.710. The van der Waals surface area contributed by atoms with Gasteiger partial charge in [-0.05, 0) is 12.2 Å². The molecule has 1 aromatic rings. The van der Waals surface area contributed by atoms with Gasteiger partial charge in [0.25, 0.3) is 0 Å². The summed E-state index contributed by atoms with van der Waals surface area (Å²) in [4.78, 5) is 0. The quantitative estimate of drug-likeness (QED) is 0.797. The van der Waals surface area contributed by atoms with Crippen LogP contribution in [0.5, 0.6) is 0 Å². The summed E-state index contributed by atoms with van der Waals surface area (Å²) in [5, 5.41) is 7.88. The molecule has 1 rings (SSSR count). The fraction of sp³-hybridized carbons (Fsp3) is 0.750. The van der Waals surface area contributed by atoms with Gasteiger partial charge in [0.05, 0.1) is 12.2 Å². The number of rotatable bonds is 4. The fourth-order valence-electron chi connectivity index (χ4n) is 1.27. The van der Waals surface area contributed by atoms with Crippen molar-refractivity contribution < 1.29 is 0 Å². The molecule has 2 N–H and O–H groups in total. The maximum absolute atomic E-state index is 5.71. The lowest BCUT2D eigenvalue weighted by Crippen LogP contribution is -2.09. The van der Waals surface area contributed by atoms with Crippen molar-refractivity contribution in [2.75, 3.05) is 17.7 Å². The van der Waals surface area contributed by atoms with E-state index in [-0.39, 0.29) is 0 Å². The Bertz CT molecular complexity index is 269. The largest absolute Gasteiger partial charge is 0.381 e. The van der Waals surface area contributed by atoms with Crippen LogP contribution in [0, 0.1) is 0 Å². The number of nitrogen functional groups attached to an aromatic ring is 1. The molecule has 5 heteroatoms. The SMILES string of the molecule is CSCCn1nnc(N)c1C(C)C. The highest BCUT2D eigenvalue weighted by Gasteiger charge is 2.12. The molecule has 0 radical (unpaired) electrons. The molecule has 1 heterocycles. The third-order valence-electron chi connectivity index (χ3n) is 1.86. The third kappa shape index (κ3) is 2.37. The van der Waals surface area contributed by atoms with Crippen molar-refractivity contribution in [3.8, 4) is 0 Å². The second-order valence-electron chi connectivity index (χ2n) is 3.23. The van der Waals surface area contributed by atoms with E-state index in [4.69, 9.17) is 5.73 Å². The van der Waals surface area contributed by atoms with Gasteiger partial charge in [-0.25, -0.2) is 4.68 Å². The van der Waals surface area contributed by atoms with E-state index in [1.54, 1.807) is 11.8 Å². The zero-order valence-corrected chi connectivity index (χ0v) is 9.14. The number of anilines is 1. The average Bonchev–Trinajstić information content (AvgIpc) is 2.43. The molecule has 0 aliphatic rings. The molecule has 0 spiro atoms. The zero-order chi connectivity index (χ0) is 9.84. The molecule has 0 saturated carbocycles. The Morgan fingerprint density at radius 3 is 2.77 bits per heavy atom. The lowest BCUT2D eigenvalue weighted by atomic mass is 10.1. The standard InChI is InChI=1S/C8H16N4S/c1-6(2)7-8(9)10-11-12(7)4-5-13-3/h6H,4-5,9H2,1-3H3. The van der Waals surface area contributed by atoms with E-state index < -0.39 is 0 Å². The molecule has 0 amide bonds. The molecule has 0 bridgehead atoms. The number of nitrogens with zero attached hydrogens (tertiary/aromatic N) is 3. The van der Waals surface area contributed by atoms with Gasteiger partial charge in [0, 0.05) is 5.75 Å². The Morgan fingerprint density at radius 1 is 1.54 bits per heavy atom. The Labute approximate surface area is 82.9 Å². The van der Waals surface area contributed by atoms with Crippen LogP contribution in [-0.4, -0.2) is 27.0 Å². The average molecular weight is 200 g/mol. The van der Waals surface area contributed by atoms with Gasteiger partial charge >= 0.3 is 0 Å². The summed E-state index contributed by atoms with van der Waals surface area (Å²) in [5.74, 6) is 2.00. The van der Waals surface area contributed by atoms with Crippen LogP contribution in [0.15, 0.2) is 0 Å². The van der Waals surface area contributed by atoms with Crippen molar-refractivity contribution in [2.24, 2.45) is 0 Å². The van der Waals surface area contributed by atoms with Crippen molar-refractivity contribution in [3.05, 3.63) is 5.69 Å². The number of aryl methyl sites for hydroxylation is 1. The van der Waals surface area contributed by atoms with Crippen molar-refractivity contribution in [1.82, 2.24) is 15.0 Å². The van der Waals surface area contributed by atoms with Gasteiger partial charge in [-0.15, -0.1) is 5.10 Å². The minimum Gasteiger partial charge on any atom is -0.381 e. The fourth-order valence-corrected chi connectivity index (χ4v) is 1.63. The van der Waals surface area contributed by atoms with Gasteiger partial charge in [0.2, 0.25) is 0 Å². The van der Waals surface area contributed by atoms with Crippen LogP contribution < -0.4 is 5.73 Å². The summed E-state index contributed by atoms with van der Waals surface area (Å²) < 4.78 is 1.90. The van der Waals surface area contributed by atoms with Crippen LogP contribution in [-0.2, 0) is 6.54 Å². The van der Waals surface area contributed by atoms with Crippen LogP contribution in [0.3, 0.4) is 0 Å². The van der Waals surface area contributed by atoms with Gasteiger partial charge in [-0.1, -0.05) is 19.1 Å². The molecule has 74 valence electrons. The maximum atomic E-state index is 5.71. The second-order valence-corrected chi connectivity index (χ2v) is 4.22. The van der Waals surface area contributed by atoms with Crippen LogP contribution in [0.1, 0.15) is 25.5 Å². The smallest absolute Gasteiger partial charge is 0.169 e. The lowest BCUT2D eigenvalue weighted by molar-refractivity contribution is 0.584. The minimum absolute atomic E-state index is 0.386. The highest BCUT2D eigenvalue weighted by atomic mass is 32.2. The first-order chi connectivity index (χ1) is 6.16. The van der Waals surface area contributed by atoms with Crippen LogP contribution in [0.2, 0.25) is 0 Å². The van der Waals surface area contributed by atoms with Crippen molar-refractivity contribution >= 4 is 17.6 Å². The van der Waals surface area contributed by atoms with Crippen LogP contribution in [0.4, 0.5) is 5.82 Å². The van der Waals surface area contributed by atoms with Gasteiger partial charge in [0.1, 0.15) is 0 Å². The van der Waals surface area contributed by atoms with Crippen LogP contribution >= 0.6 is 11.8 Å². The number of nitrogens with two attached hydrogens (primary N) is 1. The first kappa shape index (κ1) is 10.4.